The van der Waals surface area contributed by atoms with E-state index in [0.717, 1.165) is 14.2 Å². The first-order valence-corrected chi connectivity index (χ1v) is 7.46. The third kappa shape index (κ3) is 3.15. The van der Waals surface area contributed by atoms with Gasteiger partial charge in [-0.1, -0.05) is 0 Å². The normalized spacial score (nSPS) is 18.6. The van der Waals surface area contributed by atoms with Crippen LogP contribution in [0.25, 0.3) is 0 Å². The maximum Gasteiger partial charge on any atom is 0.359 e. The van der Waals surface area contributed by atoms with Crippen molar-refractivity contribution in [3.8, 4) is 0 Å². The number of rotatable bonds is 5. The molecule has 2 N–H and O–H groups in total. The fourth-order valence-corrected chi connectivity index (χ4v) is 2.79. The minimum absolute atomic E-state index is 0.151. The zero-order valence-corrected chi connectivity index (χ0v) is 14.1. The lowest BCUT2D eigenvalue weighted by Gasteiger charge is -2.34. The van der Waals surface area contributed by atoms with Crippen LogP contribution in [0.1, 0.15) is 10.4 Å². The van der Waals surface area contributed by atoms with E-state index in [1.54, 1.807) is 12.1 Å². The highest BCUT2D eigenvalue weighted by atomic mass is 16.6. The van der Waals surface area contributed by atoms with Crippen LogP contribution < -0.4 is 10.2 Å². The topological polar surface area (TPSA) is 114 Å². The number of nitrogens with one attached hydrogen (secondary N) is 1. The first-order chi connectivity index (χ1) is 11.9. The molecule has 9 heteroatoms. The Bertz CT molecular complexity index is 643. The Balaban J connectivity index is 2.49. The van der Waals surface area contributed by atoms with E-state index in [4.69, 9.17) is 9.47 Å². The lowest BCUT2D eigenvalue weighted by Crippen LogP contribution is -2.65. The largest absolute Gasteiger partial charge is 0.466 e. The van der Waals surface area contributed by atoms with Crippen molar-refractivity contribution in [2.45, 2.75) is 11.7 Å². The van der Waals surface area contributed by atoms with Crippen LogP contribution in [-0.2, 0) is 23.8 Å². The standard InChI is InChI=1S/C16H20N2O7/c1-23-13(20)10-4-6-12(7-5-10)18-8-11(9-19)17-16(18,14(21)24-2)15(22)25-3/h4-7,11,17,19H,8-9H2,1-3H3/t11-/m0/s1. The van der Waals surface area contributed by atoms with Gasteiger partial charge in [-0.3, -0.25) is 5.32 Å². The maximum atomic E-state index is 12.4. The third-order valence-corrected chi connectivity index (χ3v) is 4.00. The third-order valence-electron chi connectivity index (χ3n) is 4.00. The van der Waals surface area contributed by atoms with Gasteiger partial charge in [-0.15, -0.1) is 0 Å². The van der Waals surface area contributed by atoms with Crippen molar-refractivity contribution in [3.63, 3.8) is 0 Å². The number of carbonyl (C=O) groups is 3. The minimum Gasteiger partial charge on any atom is -0.466 e. The van der Waals surface area contributed by atoms with Gasteiger partial charge in [0.15, 0.2) is 0 Å². The van der Waals surface area contributed by atoms with E-state index in [-0.39, 0.29) is 13.2 Å². The van der Waals surface area contributed by atoms with Gasteiger partial charge in [0, 0.05) is 12.2 Å². The zero-order chi connectivity index (χ0) is 18.6. The second-order valence-electron chi connectivity index (χ2n) is 5.37. The highest BCUT2D eigenvalue weighted by Gasteiger charge is 2.59. The van der Waals surface area contributed by atoms with Crippen LogP contribution in [0.15, 0.2) is 24.3 Å². The fraction of sp³-hybridized carbons (Fsp3) is 0.438. The van der Waals surface area contributed by atoms with Gasteiger partial charge in [0.25, 0.3) is 5.66 Å². The summed E-state index contributed by atoms with van der Waals surface area (Å²) in [4.78, 5) is 37.8. The number of nitrogens with zero attached hydrogens (tertiary/aromatic N) is 1. The van der Waals surface area contributed by atoms with Gasteiger partial charge in [0.1, 0.15) is 0 Å². The predicted octanol–water partition coefficient (Wildman–Crippen LogP) is -0.714. The number of anilines is 1. The average Bonchev–Trinajstić information content (AvgIpc) is 3.07. The molecule has 136 valence electrons. The molecule has 1 fully saturated rings. The quantitative estimate of drug-likeness (QED) is 0.403. The molecule has 1 aliphatic heterocycles. The van der Waals surface area contributed by atoms with Crippen LogP contribution in [0.4, 0.5) is 5.69 Å². The van der Waals surface area contributed by atoms with Gasteiger partial charge in [-0.2, -0.15) is 0 Å². The Kier molecular flexibility index (Phi) is 5.60. The van der Waals surface area contributed by atoms with Crippen molar-refractivity contribution in [3.05, 3.63) is 29.8 Å². The number of aliphatic hydroxyl groups is 1. The van der Waals surface area contributed by atoms with Gasteiger partial charge in [-0.05, 0) is 24.3 Å². The van der Waals surface area contributed by atoms with E-state index in [9.17, 15) is 19.5 Å². The number of esters is 3. The van der Waals surface area contributed by atoms with Crippen LogP contribution in [0.2, 0.25) is 0 Å². The van der Waals surface area contributed by atoms with E-state index < -0.39 is 29.6 Å². The number of methoxy groups -OCH3 is 3. The lowest BCUT2D eigenvalue weighted by atomic mass is 10.1. The molecule has 1 aromatic rings. The van der Waals surface area contributed by atoms with Crippen molar-refractivity contribution in [2.75, 3.05) is 39.4 Å². The van der Waals surface area contributed by atoms with Crippen LogP contribution >= 0.6 is 0 Å². The summed E-state index contributed by atoms with van der Waals surface area (Å²) in [6, 6.07) is 5.58. The monoisotopic (exact) mass is 352 g/mol. The number of hydrogen-bond acceptors (Lipinski definition) is 9. The first-order valence-electron chi connectivity index (χ1n) is 7.46. The molecular weight excluding hydrogens is 332 g/mol. The Morgan fingerprint density at radius 2 is 1.68 bits per heavy atom. The molecule has 0 saturated carbocycles. The van der Waals surface area contributed by atoms with E-state index in [1.165, 1.54) is 24.1 Å². The van der Waals surface area contributed by atoms with E-state index >= 15 is 0 Å². The van der Waals surface area contributed by atoms with Crippen LogP contribution in [0, 0.1) is 0 Å². The summed E-state index contributed by atoms with van der Waals surface area (Å²) in [5.74, 6) is -2.24. The van der Waals surface area contributed by atoms with Crippen molar-refractivity contribution in [1.29, 1.82) is 0 Å². The summed E-state index contributed by atoms with van der Waals surface area (Å²) in [5, 5.41) is 12.3. The molecule has 0 spiro atoms. The lowest BCUT2D eigenvalue weighted by molar-refractivity contribution is -0.162. The molecule has 9 nitrogen and oxygen atoms in total. The van der Waals surface area contributed by atoms with E-state index in [2.05, 4.69) is 10.1 Å². The zero-order valence-electron chi connectivity index (χ0n) is 14.1. The molecule has 0 radical (unpaired) electrons. The molecule has 1 heterocycles. The summed E-state index contributed by atoms with van der Waals surface area (Å²) in [6.07, 6.45) is 0. The first kappa shape index (κ1) is 18.7. The Hall–Kier alpha value is -2.65. The average molecular weight is 352 g/mol. The van der Waals surface area contributed by atoms with Crippen molar-refractivity contribution in [2.24, 2.45) is 0 Å². The summed E-state index contributed by atoms with van der Waals surface area (Å²) < 4.78 is 14.2. The predicted molar refractivity (Wildman–Crippen MR) is 85.9 cm³/mol. The molecule has 0 aliphatic carbocycles. The SMILES string of the molecule is COC(=O)c1ccc(N2C[C@@H](CO)NC2(C(=O)OC)C(=O)OC)cc1. The fourth-order valence-electron chi connectivity index (χ4n) is 2.79. The van der Waals surface area contributed by atoms with Gasteiger partial charge in [-0.25, -0.2) is 14.4 Å². The summed E-state index contributed by atoms with van der Waals surface area (Å²) in [7, 11) is 3.57. The van der Waals surface area contributed by atoms with Gasteiger partial charge in [0.2, 0.25) is 0 Å². The summed E-state index contributed by atoms with van der Waals surface area (Å²) in [5.41, 5.74) is -1.14. The smallest absolute Gasteiger partial charge is 0.359 e. The number of hydrogen-bond donors (Lipinski definition) is 2. The Morgan fingerprint density at radius 1 is 1.12 bits per heavy atom. The Labute approximate surface area is 144 Å². The number of benzene rings is 1. The summed E-state index contributed by atoms with van der Waals surface area (Å²) in [6.45, 7) is -0.148. The molecular formula is C16H20N2O7. The number of carbonyl (C=O) groups excluding carboxylic acids is 3. The van der Waals surface area contributed by atoms with Gasteiger partial charge < -0.3 is 24.2 Å². The van der Waals surface area contributed by atoms with E-state index in [1.807, 2.05) is 0 Å². The molecule has 0 bridgehead atoms. The molecule has 0 amide bonds. The molecule has 1 atom stereocenters. The molecule has 25 heavy (non-hydrogen) atoms. The Morgan fingerprint density at radius 3 is 2.12 bits per heavy atom. The minimum atomic E-state index is -1.93. The van der Waals surface area contributed by atoms with E-state index in [0.29, 0.717) is 11.3 Å². The number of ether oxygens (including phenoxy) is 3. The molecule has 0 unspecified atom stereocenters. The molecule has 1 saturated heterocycles. The molecule has 1 aromatic carbocycles. The second-order valence-corrected chi connectivity index (χ2v) is 5.37. The van der Waals surface area contributed by atoms with Crippen molar-refractivity contribution < 1.29 is 33.7 Å². The molecule has 0 aromatic heterocycles. The maximum absolute atomic E-state index is 12.4. The van der Waals surface area contributed by atoms with Gasteiger partial charge in [0.05, 0.1) is 39.5 Å². The van der Waals surface area contributed by atoms with Gasteiger partial charge >= 0.3 is 17.9 Å². The number of aliphatic hydroxyl groups excluding tert-OH is 1. The van der Waals surface area contributed by atoms with Crippen molar-refractivity contribution >= 4 is 23.6 Å². The molecule has 1 aliphatic rings. The van der Waals surface area contributed by atoms with Crippen LogP contribution in [0.5, 0.6) is 0 Å². The van der Waals surface area contributed by atoms with Crippen molar-refractivity contribution in [1.82, 2.24) is 5.32 Å². The molecule has 2 rings (SSSR count). The second kappa shape index (κ2) is 7.49. The van der Waals surface area contributed by atoms with Crippen LogP contribution in [0.3, 0.4) is 0 Å². The summed E-state index contributed by atoms with van der Waals surface area (Å²) >= 11 is 0. The van der Waals surface area contributed by atoms with Crippen LogP contribution in [-0.4, -0.2) is 69.2 Å². The highest BCUT2D eigenvalue weighted by molar-refractivity contribution is 6.08. The highest BCUT2D eigenvalue weighted by Crippen LogP contribution is 2.30.